The van der Waals surface area contributed by atoms with Crippen LogP contribution in [-0.2, 0) is 14.8 Å². The lowest BCUT2D eigenvalue weighted by molar-refractivity contribution is -0.122. The number of rotatable bonds is 6. The Morgan fingerprint density at radius 1 is 1.28 bits per heavy atom. The number of hydrogen-bond donors (Lipinski definition) is 1. The first-order valence-corrected chi connectivity index (χ1v) is 11.3. The van der Waals surface area contributed by atoms with Crippen LogP contribution < -0.4 is 19.1 Å². The van der Waals surface area contributed by atoms with Crippen molar-refractivity contribution in [3.05, 3.63) is 53.1 Å². The molecule has 2 aromatic carbocycles. The van der Waals surface area contributed by atoms with Crippen molar-refractivity contribution in [2.75, 3.05) is 23.7 Å². The van der Waals surface area contributed by atoms with Gasteiger partial charge in [0.15, 0.2) is 11.5 Å². The van der Waals surface area contributed by atoms with Crippen LogP contribution in [-0.4, -0.2) is 45.9 Å². The monoisotopic (exact) mass is 438 g/mol. The van der Waals surface area contributed by atoms with Gasteiger partial charge >= 0.3 is 0 Å². The average Bonchev–Trinajstić information content (AvgIpc) is 2.67. The summed E-state index contributed by atoms with van der Waals surface area (Å²) in [6.07, 6.45) is 0.682. The van der Waals surface area contributed by atoms with Crippen molar-refractivity contribution in [2.45, 2.75) is 26.0 Å². The zero-order chi connectivity index (χ0) is 21.2. The van der Waals surface area contributed by atoms with Crippen LogP contribution in [0.2, 0.25) is 5.02 Å². The van der Waals surface area contributed by atoms with E-state index in [1.54, 1.807) is 18.2 Å². The predicted octanol–water partition coefficient (Wildman–Crippen LogP) is 2.76. The molecule has 2 aromatic rings. The van der Waals surface area contributed by atoms with Crippen molar-refractivity contribution < 1.29 is 22.7 Å². The summed E-state index contributed by atoms with van der Waals surface area (Å²) in [5.74, 6) is 0.815. The minimum Gasteiger partial charge on any atom is -0.486 e. The molecule has 0 unspecified atom stereocenters. The van der Waals surface area contributed by atoms with Gasteiger partial charge in [-0.2, -0.15) is 0 Å². The summed E-state index contributed by atoms with van der Waals surface area (Å²) in [5.41, 5.74) is 1.15. The highest BCUT2D eigenvalue weighted by Crippen LogP contribution is 2.31. The van der Waals surface area contributed by atoms with Crippen molar-refractivity contribution >= 4 is 33.2 Å². The van der Waals surface area contributed by atoms with Gasteiger partial charge in [-0.3, -0.25) is 9.10 Å². The quantitative estimate of drug-likeness (QED) is 0.749. The molecule has 2 atom stereocenters. The second kappa shape index (κ2) is 8.51. The summed E-state index contributed by atoms with van der Waals surface area (Å²) < 4.78 is 37.2. The van der Waals surface area contributed by atoms with Gasteiger partial charge in [0.25, 0.3) is 0 Å². The van der Waals surface area contributed by atoms with Crippen molar-refractivity contribution in [2.24, 2.45) is 0 Å². The van der Waals surface area contributed by atoms with Gasteiger partial charge in [0.1, 0.15) is 18.8 Å². The van der Waals surface area contributed by atoms with Crippen LogP contribution in [0.3, 0.4) is 0 Å². The Balaban J connectivity index is 1.69. The Hall–Kier alpha value is -2.45. The van der Waals surface area contributed by atoms with E-state index in [0.29, 0.717) is 22.2 Å². The lowest BCUT2D eigenvalue weighted by Gasteiger charge is -2.30. The Morgan fingerprint density at radius 3 is 2.62 bits per heavy atom. The first-order valence-electron chi connectivity index (χ1n) is 9.08. The fourth-order valence-electron chi connectivity index (χ4n) is 3.05. The van der Waals surface area contributed by atoms with Gasteiger partial charge in [-0.15, -0.1) is 0 Å². The molecule has 0 aromatic heterocycles. The van der Waals surface area contributed by atoms with Gasteiger partial charge in [0, 0.05) is 5.02 Å². The fraction of sp³-hybridized carbons (Fsp3) is 0.350. The maximum atomic E-state index is 12.7. The number of ether oxygens (including phenoxy) is 2. The molecule has 0 bridgehead atoms. The lowest BCUT2D eigenvalue weighted by atomic mass is 10.2. The molecule has 1 aliphatic heterocycles. The predicted molar refractivity (Wildman–Crippen MR) is 112 cm³/mol. The van der Waals surface area contributed by atoms with E-state index in [2.05, 4.69) is 5.32 Å². The van der Waals surface area contributed by atoms with E-state index >= 15 is 0 Å². The molecule has 0 spiro atoms. The van der Waals surface area contributed by atoms with Crippen LogP contribution in [0.4, 0.5) is 5.69 Å². The molecule has 0 saturated heterocycles. The summed E-state index contributed by atoms with van der Waals surface area (Å²) >= 11 is 6.14. The summed E-state index contributed by atoms with van der Waals surface area (Å²) in [4.78, 5) is 12.7. The van der Waals surface area contributed by atoms with Crippen molar-refractivity contribution in [3.63, 3.8) is 0 Å². The number of hydrogen-bond acceptors (Lipinski definition) is 5. The zero-order valence-electron chi connectivity index (χ0n) is 16.4. The van der Waals surface area contributed by atoms with Crippen LogP contribution in [0.1, 0.15) is 12.5 Å². The second-order valence-corrected chi connectivity index (χ2v) is 9.18. The number of carbonyl (C=O) groups excluding carboxylic acids is 1. The number of nitrogens with one attached hydrogen (secondary N) is 1. The highest BCUT2D eigenvalue weighted by atomic mass is 35.5. The van der Waals surface area contributed by atoms with Gasteiger partial charge in [0.05, 0.1) is 18.5 Å². The fourth-order valence-corrected chi connectivity index (χ4v) is 4.39. The number of fused-ring (bicyclic) bond motifs is 1. The highest BCUT2D eigenvalue weighted by Gasteiger charge is 2.30. The number of aryl methyl sites for hydroxylation is 1. The van der Waals surface area contributed by atoms with E-state index in [-0.39, 0.29) is 19.3 Å². The van der Waals surface area contributed by atoms with Gasteiger partial charge in [0.2, 0.25) is 15.9 Å². The molecular formula is C20H23ClN2O5S. The number of anilines is 1. The molecule has 0 saturated carbocycles. The number of carbonyl (C=O) groups is 1. The number of amides is 1. The summed E-state index contributed by atoms with van der Waals surface area (Å²) in [6.45, 7) is 3.81. The number of para-hydroxylation sites is 2. The summed E-state index contributed by atoms with van der Waals surface area (Å²) in [6, 6.07) is 11.2. The van der Waals surface area contributed by atoms with Crippen LogP contribution >= 0.6 is 11.6 Å². The second-order valence-electron chi connectivity index (χ2n) is 6.91. The Kier molecular flexibility index (Phi) is 6.24. The average molecular weight is 439 g/mol. The van der Waals surface area contributed by atoms with Crippen LogP contribution in [0.15, 0.2) is 42.5 Å². The number of benzene rings is 2. The summed E-state index contributed by atoms with van der Waals surface area (Å²) in [5, 5.41) is 3.17. The molecular weight excluding hydrogens is 416 g/mol. The van der Waals surface area contributed by atoms with Gasteiger partial charge in [-0.1, -0.05) is 29.8 Å². The van der Waals surface area contributed by atoms with E-state index in [4.69, 9.17) is 21.1 Å². The molecule has 1 amide bonds. The maximum Gasteiger partial charge on any atom is 0.243 e. The molecule has 1 aliphatic rings. The molecule has 1 N–H and O–H groups in total. The molecule has 9 heteroatoms. The number of nitrogens with zero attached hydrogens (tertiary/aromatic N) is 1. The normalized spacial score (nSPS) is 16.8. The lowest BCUT2D eigenvalue weighted by Crippen LogP contribution is -2.50. The number of halogens is 1. The molecule has 29 heavy (non-hydrogen) atoms. The van der Waals surface area contributed by atoms with Gasteiger partial charge in [-0.05, 0) is 43.7 Å². The van der Waals surface area contributed by atoms with Crippen LogP contribution in [0, 0.1) is 6.92 Å². The van der Waals surface area contributed by atoms with Crippen LogP contribution in [0.5, 0.6) is 11.5 Å². The van der Waals surface area contributed by atoms with Crippen molar-refractivity contribution in [1.29, 1.82) is 0 Å². The van der Waals surface area contributed by atoms with Crippen molar-refractivity contribution in [3.8, 4) is 11.5 Å². The van der Waals surface area contributed by atoms with Gasteiger partial charge in [-0.25, -0.2) is 8.42 Å². The third-order valence-corrected chi connectivity index (χ3v) is 6.22. The first kappa shape index (κ1) is 21.3. The third-order valence-electron chi connectivity index (χ3n) is 4.57. The highest BCUT2D eigenvalue weighted by molar-refractivity contribution is 7.92. The van der Waals surface area contributed by atoms with Gasteiger partial charge < -0.3 is 14.8 Å². The molecule has 156 valence electrons. The topological polar surface area (TPSA) is 84.9 Å². The molecule has 0 aliphatic carbocycles. The summed E-state index contributed by atoms with van der Waals surface area (Å²) in [7, 11) is -3.72. The van der Waals surface area contributed by atoms with E-state index in [1.807, 2.05) is 25.1 Å². The Labute approximate surface area is 175 Å². The van der Waals surface area contributed by atoms with E-state index < -0.39 is 22.0 Å². The molecule has 1 heterocycles. The molecule has 0 radical (unpaired) electrons. The standard InChI is InChI=1S/C20H23ClN2O5S/c1-13-8-9-15(10-17(13)21)23(29(3,25)26)14(2)20(24)22-11-16-12-27-18-6-4-5-7-19(18)28-16/h4-10,14,16H,11-12H2,1-3H3,(H,22,24)/t14-,16+/m0/s1. The van der Waals surface area contributed by atoms with E-state index in [0.717, 1.165) is 16.1 Å². The molecule has 0 fully saturated rings. The number of sulfonamides is 1. The minimum absolute atomic E-state index is 0.184. The Bertz CT molecular complexity index is 1010. The van der Waals surface area contributed by atoms with Crippen molar-refractivity contribution in [1.82, 2.24) is 5.32 Å². The molecule has 7 nitrogen and oxygen atoms in total. The first-order chi connectivity index (χ1) is 13.7. The van der Waals surface area contributed by atoms with E-state index in [9.17, 15) is 13.2 Å². The third kappa shape index (κ3) is 4.94. The minimum atomic E-state index is -3.72. The zero-order valence-corrected chi connectivity index (χ0v) is 18.0. The Morgan fingerprint density at radius 2 is 1.97 bits per heavy atom. The molecule has 3 rings (SSSR count). The van der Waals surface area contributed by atoms with E-state index in [1.165, 1.54) is 13.0 Å². The van der Waals surface area contributed by atoms with Crippen LogP contribution in [0.25, 0.3) is 0 Å². The largest absolute Gasteiger partial charge is 0.486 e. The maximum absolute atomic E-state index is 12.7. The SMILES string of the molecule is Cc1ccc(N([C@@H](C)C(=O)NC[C@@H]2COc3ccccc3O2)S(C)(=O)=O)cc1Cl. The smallest absolute Gasteiger partial charge is 0.243 e.